The number of benzene rings is 1. The molecule has 2 heterocycles. The zero-order valence-electron chi connectivity index (χ0n) is 9.36. The monoisotopic (exact) mass is 208 g/mol. The van der Waals surface area contributed by atoms with Crippen LogP contribution in [0.3, 0.4) is 0 Å². The molecule has 0 saturated carbocycles. The maximum Gasteiger partial charge on any atom is 0.0784 e. The van der Waals surface area contributed by atoms with E-state index < -0.39 is 0 Å². The minimum atomic E-state index is 1.07. The molecule has 78 valence electrons. The Labute approximate surface area is 94.0 Å². The minimum absolute atomic E-state index is 1.07. The van der Waals surface area contributed by atoms with Gasteiger partial charge in [-0.1, -0.05) is 6.07 Å². The average molecular weight is 208 g/mol. The summed E-state index contributed by atoms with van der Waals surface area (Å²) in [5.41, 5.74) is 3.51. The third-order valence-electron chi connectivity index (χ3n) is 3.01. The van der Waals surface area contributed by atoms with Gasteiger partial charge in [-0.25, -0.2) is 0 Å². The van der Waals surface area contributed by atoms with Crippen LogP contribution in [0, 0.1) is 13.8 Å². The maximum absolute atomic E-state index is 4.48. The number of rotatable bonds is 0. The molecule has 0 aliphatic carbocycles. The van der Waals surface area contributed by atoms with E-state index in [9.17, 15) is 0 Å². The molecule has 0 radical (unpaired) electrons. The molecule has 3 aromatic rings. The van der Waals surface area contributed by atoms with E-state index in [2.05, 4.69) is 35.9 Å². The summed E-state index contributed by atoms with van der Waals surface area (Å²) in [4.78, 5) is 8.74. The van der Waals surface area contributed by atoms with Gasteiger partial charge in [0.1, 0.15) is 0 Å². The van der Waals surface area contributed by atoms with E-state index in [0.717, 1.165) is 5.52 Å². The lowest BCUT2D eigenvalue weighted by Crippen LogP contribution is -1.89. The second-order valence-corrected chi connectivity index (χ2v) is 4.15. The molecule has 2 nitrogen and oxygen atoms in total. The summed E-state index contributed by atoms with van der Waals surface area (Å²) >= 11 is 0. The van der Waals surface area contributed by atoms with Crippen LogP contribution in [0.4, 0.5) is 0 Å². The molecule has 0 N–H and O–H groups in total. The SMILES string of the molecule is Cc1cc2cccnc2c2c(C)cncc12. The van der Waals surface area contributed by atoms with Crippen molar-refractivity contribution < 1.29 is 0 Å². The molecule has 0 aliphatic rings. The Morgan fingerprint density at radius 1 is 1.06 bits per heavy atom. The fourth-order valence-electron chi connectivity index (χ4n) is 2.23. The summed E-state index contributed by atoms with van der Waals surface area (Å²) in [7, 11) is 0. The van der Waals surface area contributed by atoms with Crippen LogP contribution >= 0.6 is 0 Å². The zero-order chi connectivity index (χ0) is 11.1. The van der Waals surface area contributed by atoms with Crippen LogP contribution in [0.5, 0.6) is 0 Å². The number of pyridine rings is 2. The van der Waals surface area contributed by atoms with Crippen molar-refractivity contribution in [1.29, 1.82) is 0 Å². The number of aryl methyl sites for hydroxylation is 2. The van der Waals surface area contributed by atoms with Gasteiger partial charge in [0.25, 0.3) is 0 Å². The second kappa shape index (κ2) is 3.27. The lowest BCUT2D eigenvalue weighted by Gasteiger charge is -2.08. The number of fused-ring (bicyclic) bond motifs is 3. The first-order chi connectivity index (χ1) is 7.77. The first kappa shape index (κ1) is 9.28. The quantitative estimate of drug-likeness (QED) is 0.529. The van der Waals surface area contributed by atoms with Gasteiger partial charge in [-0.15, -0.1) is 0 Å². The van der Waals surface area contributed by atoms with Gasteiger partial charge in [-0.2, -0.15) is 0 Å². The lowest BCUT2D eigenvalue weighted by atomic mass is 10.0. The molecule has 0 unspecified atom stereocenters. The molecule has 2 heteroatoms. The average Bonchev–Trinajstić information content (AvgIpc) is 2.30. The Balaban J connectivity index is 2.67. The van der Waals surface area contributed by atoms with Gasteiger partial charge >= 0.3 is 0 Å². The molecule has 0 atom stereocenters. The fraction of sp³-hybridized carbons (Fsp3) is 0.143. The van der Waals surface area contributed by atoms with E-state index in [4.69, 9.17) is 0 Å². The zero-order valence-corrected chi connectivity index (χ0v) is 9.36. The van der Waals surface area contributed by atoms with Gasteiger partial charge in [0.05, 0.1) is 5.52 Å². The lowest BCUT2D eigenvalue weighted by molar-refractivity contribution is 1.30. The Hall–Kier alpha value is -1.96. The van der Waals surface area contributed by atoms with E-state index in [0.29, 0.717) is 0 Å². The van der Waals surface area contributed by atoms with Gasteiger partial charge in [0.2, 0.25) is 0 Å². The van der Waals surface area contributed by atoms with Crippen LogP contribution in [-0.2, 0) is 0 Å². The van der Waals surface area contributed by atoms with E-state index in [1.165, 1.54) is 27.3 Å². The van der Waals surface area contributed by atoms with E-state index in [1.807, 2.05) is 24.7 Å². The van der Waals surface area contributed by atoms with Gasteiger partial charge < -0.3 is 0 Å². The second-order valence-electron chi connectivity index (χ2n) is 4.15. The predicted molar refractivity (Wildman–Crippen MR) is 66.5 cm³/mol. The van der Waals surface area contributed by atoms with Crippen LogP contribution in [-0.4, -0.2) is 9.97 Å². The molecule has 1 aromatic carbocycles. The third-order valence-corrected chi connectivity index (χ3v) is 3.01. The minimum Gasteiger partial charge on any atom is -0.264 e. The predicted octanol–water partition coefficient (Wildman–Crippen LogP) is 3.40. The molecule has 3 rings (SSSR count). The largest absolute Gasteiger partial charge is 0.264 e. The van der Waals surface area contributed by atoms with Gasteiger partial charge in [-0.05, 0) is 37.1 Å². The third kappa shape index (κ3) is 1.20. The molecule has 0 bridgehead atoms. The first-order valence-corrected chi connectivity index (χ1v) is 5.36. The Kier molecular flexibility index (Phi) is 1.90. The highest BCUT2D eigenvalue weighted by atomic mass is 14.7. The van der Waals surface area contributed by atoms with Crippen molar-refractivity contribution in [2.45, 2.75) is 13.8 Å². The molecule has 0 saturated heterocycles. The molecule has 0 amide bonds. The molecule has 0 fully saturated rings. The molecular weight excluding hydrogens is 196 g/mol. The topological polar surface area (TPSA) is 25.8 Å². The van der Waals surface area contributed by atoms with Crippen molar-refractivity contribution in [3.8, 4) is 0 Å². The Morgan fingerprint density at radius 2 is 1.94 bits per heavy atom. The molecule has 0 spiro atoms. The summed E-state index contributed by atoms with van der Waals surface area (Å²) in [6, 6.07) is 6.25. The van der Waals surface area contributed by atoms with Gasteiger partial charge in [-0.3, -0.25) is 9.97 Å². The standard InChI is InChI=1S/C14H12N2/c1-9-6-11-4-3-5-16-14(11)13-10(2)7-15-8-12(9)13/h3-8H,1-2H3. The van der Waals surface area contributed by atoms with Gasteiger partial charge in [0.15, 0.2) is 0 Å². The number of nitrogens with zero attached hydrogens (tertiary/aromatic N) is 2. The normalized spacial score (nSPS) is 11.1. The smallest absolute Gasteiger partial charge is 0.0784 e. The summed E-state index contributed by atoms with van der Waals surface area (Å²) in [5.74, 6) is 0. The summed E-state index contributed by atoms with van der Waals surface area (Å²) in [6.07, 6.45) is 5.67. The Morgan fingerprint density at radius 3 is 2.81 bits per heavy atom. The van der Waals surface area contributed by atoms with Crippen molar-refractivity contribution >= 4 is 21.7 Å². The Bertz CT molecular complexity index is 687. The van der Waals surface area contributed by atoms with Crippen LogP contribution in [0.15, 0.2) is 36.8 Å². The molecule has 16 heavy (non-hydrogen) atoms. The van der Waals surface area contributed by atoms with Crippen molar-refractivity contribution in [3.05, 3.63) is 47.9 Å². The van der Waals surface area contributed by atoms with Crippen molar-refractivity contribution in [2.24, 2.45) is 0 Å². The van der Waals surface area contributed by atoms with E-state index in [-0.39, 0.29) is 0 Å². The number of aromatic nitrogens is 2. The van der Waals surface area contributed by atoms with Crippen LogP contribution in [0.25, 0.3) is 21.7 Å². The van der Waals surface area contributed by atoms with Crippen LogP contribution in [0.2, 0.25) is 0 Å². The molecule has 0 aliphatic heterocycles. The van der Waals surface area contributed by atoms with Crippen LogP contribution < -0.4 is 0 Å². The van der Waals surface area contributed by atoms with Gasteiger partial charge in [0, 0.05) is 34.7 Å². The number of hydrogen-bond acceptors (Lipinski definition) is 2. The summed E-state index contributed by atoms with van der Waals surface area (Å²) < 4.78 is 0. The maximum atomic E-state index is 4.48. The van der Waals surface area contributed by atoms with Crippen molar-refractivity contribution in [1.82, 2.24) is 9.97 Å². The highest BCUT2D eigenvalue weighted by Crippen LogP contribution is 2.28. The van der Waals surface area contributed by atoms with Crippen molar-refractivity contribution in [2.75, 3.05) is 0 Å². The van der Waals surface area contributed by atoms with E-state index >= 15 is 0 Å². The number of hydrogen-bond donors (Lipinski definition) is 0. The fourth-order valence-corrected chi connectivity index (χ4v) is 2.23. The highest BCUT2D eigenvalue weighted by molar-refractivity contribution is 6.07. The van der Waals surface area contributed by atoms with E-state index in [1.54, 1.807) is 0 Å². The molecule has 2 aromatic heterocycles. The summed E-state index contributed by atoms with van der Waals surface area (Å²) in [5, 5.41) is 3.62. The summed E-state index contributed by atoms with van der Waals surface area (Å²) in [6.45, 7) is 4.21. The molecular formula is C14H12N2. The highest BCUT2D eigenvalue weighted by Gasteiger charge is 2.06. The van der Waals surface area contributed by atoms with Crippen LogP contribution in [0.1, 0.15) is 11.1 Å². The van der Waals surface area contributed by atoms with Crippen molar-refractivity contribution in [3.63, 3.8) is 0 Å². The first-order valence-electron chi connectivity index (χ1n) is 5.36.